The lowest BCUT2D eigenvalue weighted by atomic mass is 10.1. The van der Waals surface area contributed by atoms with Gasteiger partial charge in [0.2, 0.25) is 0 Å². The molecule has 0 unspecified atom stereocenters. The van der Waals surface area contributed by atoms with Crippen molar-refractivity contribution >= 4 is 30.7 Å². The van der Waals surface area contributed by atoms with Crippen molar-refractivity contribution in [2.24, 2.45) is 0 Å². The summed E-state index contributed by atoms with van der Waals surface area (Å²) < 4.78 is 0. The maximum Gasteiger partial charge on any atom is 0.165 e. The highest BCUT2D eigenvalue weighted by atomic mass is 32.1. The van der Waals surface area contributed by atoms with Crippen molar-refractivity contribution in [3.63, 3.8) is 0 Å². The van der Waals surface area contributed by atoms with E-state index >= 15 is 0 Å². The highest BCUT2D eigenvalue weighted by Gasteiger charge is 2.40. The predicted octanol–water partition coefficient (Wildman–Crippen LogP) is 3.17. The molecule has 0 spiro atoms. The van der Waals surface area contributed by atoms with E-state index in [0.717, 1.165) is 16.1 Å². The van der Waals surface area contributed by atoms with E-state index in [2.05, 4.69) is 29.6 Å². The second-order valence-corrected chi connectivity index (χ2v) is 12.5. The molecule has 2 heterocycles. The fourth-order valence-electron chi connectivity index (χ4n) is 1.87. The van der Waals surface area contributed by atoms with E-state index < -0.39 is 13.7 Å². The molecule has 0 aromatic carbocycles. The maximum absolute atomic E-state index is 11.0. The largest absolute Gasteiger partial charge is 0.376 e. The van der Waals surface area contributed by atoms with Crippen molar-refractivity contribution < 1.29 is 5.11 Å². The molecule has 0 aliphatic carbocycles. The van der Waals surface area contributed by atoms with Gasteiger partial charge in [-0.25, -0.2) is 9.97 Å². The molecule has 0 saturated heterocycles. The highest BCUT2D eigenvalue weighted by Crippen LogP contribution is 2.39. The van der Waals surface area contributed by atoms with Crippen molar-refractivity contribution in [1.82, 2.24) is 9.97 Å². The molecule has 3 nitrogen and oxygen atoms in total. The van der Waals surface area contributed by atoms with E-state index in [9.17, 15) is 5.11 Å². The molecule has 6 heteroatoms. The first-order valence-corrected chi connectivity index (χ1v) is 10.9. The van der Waals surface area contributed by atoms with Gasteiger partial charge in [-0.1, -0.05) is 19.6 Å². The molecule has 0 aliphatic heterocycles. The molecule has 0 amide bonds. The Labute approximate surface area is 110 Å². The summed E-state index contributed by atoms with van der Waals surface area (Å²) in [5.74, 6) is 0. The first-order valence-electron chi connectivity index (χ1n) is 5.44. The van der Waals surface area contributed by atoms with Crippen LogP contribution >= 0.6 is 22.7 Å². The van der Waals surface area contributed by atoms with Crippen molar-refractivity contribution in [1.29, 1.82) is 0 Å². The van der Waals surface area contributed by atoms with Crippen LogP contribution in [0.1, 0.15) is 10.0 Å². The third-order valence-corrected chi connectivity index (χ3v) is 5.78. The van der Waals surface area contributed by atoms with Gasteiger partial charge in [-0.15, -0.1) is 22.7 Å². The SMILES string of the molecule is C[Si](C)(C)CC(O)(c1nccs1)c1nccs1. The Morgan fingerprint density at radius 1 is 1.12 bits per heavy atom. The quantitative estimate of drug-likeness (QED) is 0.877. The summed E-state index contributed by atoms with van der Waals surface area (Å²) in [5, 5.41) is 16.3. The van der Waals surface area contributed by atoms with E-state index in [-0.39, 0.29) is 0 Å². The fraction of sp³-hybridized carbons (Fsp3) is 0.455. The van der Waals surface area contributed by atoms with Gasteiger partial charge in [0, 0.05) is 31.2 Å². The van der Waals surface area contributed by atoms with Gasteiger partial charge < -0.3 is 5.11 Å². The summed E-state index contributed by atoms with van der Waals surface area (Å²) in [5.41, 5.74) is -0.993. The Morgan fingerprint density at radius 3 is 1.88 bits per heavy atom. The smallest absolute Gasteiger partial charge is 0.165 e. The maximum atomic E-state index is 11.0. The van der Waals surface area contributed by atoms with Crippen LogP contribution < -0.4 is 0 Å². The summed E-state index contributed by atoms with van der Waals surface area (Å²) in [6, 6.07) is 0.751. The molecule has 1 N–H and O–H groups in total. The molecule has 0 atom stereocenters. The third-order valence-electron chi connectivity index (χ3n) is 2.36. The highest BCUT2D eigenvalue weighted by molar-refractivity contribution is 7.11. The third kappa shape index (κ3) is 2.82. The second kappa shape index (κ2) is 4.60. The number of hydrogen-bond acceptors (Lipinski definition) is 5. The molecule has 0 radical (unpaired) electrons. The number of rotatable bonds is 4. The molecule has 0 fully saturated rings. The molecule has 0 aliphatic rings. The Morgan fingerprint density at radius 2 is 1.59 bits per heavy atom. The molecule has 0 bridgehead atoms. The summed E-state index contributed by atoms with van der Waals surface area (Å²) in [4.78, 5) is 8.57. The van der Waals surface area contributed by atoms with Crippen LogP contribution in [0.25, 0.3) is 0 Å². The van der Waals surface area contributed by atoms with Crippen LogP contribution in [-0.4, -0.2) is 23.1 Å². The van der Waals surface area contributed by atoms with E-state index in [0.29, 0.717) is 0 Å². The minimum absolute atomic E-state index is 0.751. The van der Waals surface area contributed by atoms with E-state index in [4.69, 9.17) is 0 Å². The molecular formula is C11H16N2OS2Si. The van der Waals surface area contributed by atoms with Crippen molar-refractivity contribution in [3.8, 4) is 0 Å². The van der Waals surface area contributed by atoms with Crippen molar-refractivity contribution in [2.75, 3.05) is 0 Å². The van der Waals surface area contributed by atoms with Gasteiger partial charge in [0.25, 0.3) is 0 Å². The lowest BCUT2D eigenvalue weighted by molar-refractivity contribution is 0.0998. The first-order chi connectivity index (χ1) is 7.92. The molecular weight excluding hydrogens is 268 g/mol. The average Bonchev–Trinajstić information content (AvgIpc) is 2.89. The van der Waals surface area contributed by atoms with Crippen LogP contribution in [0.3, 0.4) is 0 Å². The van der Waals surface area contributed by atoms with Crippen molar-refractivity contribution in [3.05, 3.63) is 33.2 Å². The van der Waals surface area contributed by atoms with Crippen LogP contribution in [0.2, 0.25) is 25.7 Å². The second-order valence-electron chi connectivity index (χ2n) is 5.27. The molecule has 2 aromatic rings. The minimum atomic E-state index is -1.42. The summed E-state index contributed by atoms with van der Waals surface area (Å²) >= 11 is 2.99. The van der Waals surface area contributed by atoms with Crippen LogP contribution in [0.4, 0.5) is 0 Å². The number of hydrogen-bond donors (Lipinski definition) is 1. The number of aliphatic hydroxyl groups is 1. The van der Waals surface area contributed by atoms with Gasteiger partial charge in [-0.2, -0.15) is 0 Å². The Hall–Kier alpha value is -0.563. The van der Waals surface area contributed by atoms with Crippen LogP contribution in [0, 0.1) is 0 Å². The molecule has 2 rings (SSSR count). The standard InChI is InChI=1S/C11H16N2OS2Si/c1-17(2,3)8-11(14,9-12-4-6-15-9)10-13-5-7-16-10/h4-7,14H,8H2,1-3H3. The number of thiazole rings is 2. The zero-order valence-corrected chi connectivity index (χ0v) is 12.8. The van der Waals surface area contributed by atoms with Gasteiger partial charge in [0.05, 0.1) is 0 Å². The molecule has 17 heavy (non-hydrogen) atoms. The number of aromatic nitrogens is 2. The average molecular weight is 284 g/mol. The predicted molar refractivity (Wildman–Crippen MR) is 75.4 cm³/mol. The van der Waals surface area contributed by atoms with E-state index in [1.54, 1.807) is 12.4 Å². The van der Waals surface area contributed by atoms with E-state index in [1.807, 2.05) is 10.8 Å². The van der Waals surface area contributed by atoms with Gasteiger partial charge >= 0.3 is 0 Å². The Bertz CT molecular complexity index is 428. The van der Waals surface area contributed by atoms with Crippen LogP contribution in [0.15, 0.2) is 23.2 Å². The topological polar surface area (TPSA) is 46.0 Å². The molecule has 92 valence electrons. The van der Waals surface area contributed by atoms with Gasteiger partial charge in [0.15, 0.2) is 5.60 Å². The van der Waals surface area contributed by atoms with Crippen LogP contribution in [0.5, 0.6) is 0 Å². The fourth-order valence-corrected chi connectivity index (χ4v) is 5.53. The van der Waals surface area contributed by atoms with Crippen LogP contribution in [-0.2, 0) is 5.60 Å². The summed E-state index contributed by atoms with van der Waals surface area (Å²) in [6.07, 6.45) is 3.48. The lowest BCUT2D eigenvalue weighted by Crippen LogP contribution is -2.36. The first kappa shape index (κ1) is 12.9. The minimum Gasteiger partial charge on any atom is -0.376 e. The van der Waals surface area contributed by atoms with Gasteiger partial charge in [-0.05, 0) is 6.04 Å². The Kier molecular flexibility index (Phi) is 3.49. The normalized spacial score (nSPS) is 12.9. The van der Waals surface area contributed by atoms with E-state index in [1.165, 1.54) is 22.7 Å². The molecule has 2 aromatic heterocycles. The monoisotopic (exact) mass is 284 g/mol. The number of nitrogens with zero attached hydrogens (tertiary/aromatic N) is 2. The van der Waals surface area contributed by atoms with Gasteiger partial charge in [0.1, 0.15) is 10.0 Å². The zero-order valence-electron chi connectivity index (χ0n) is 10.2. The Balaban J connectivity index is 2.44. The lowest BCUT2D eigenvalue weighted by Gasteiger charge is -2.30. The van der Waals surface area contributed by atoms with Gasteiger partial charge in [-0.3, -0.25) is 0 Å². The molecule has 0 saturated carbocycles. The zero-order chi connectivity index (χ0) is 12.5. The summed E-state index contributed by atoms with van der Waals surface area (Å²) in [6.45, 7) is 6.75. The summed E-state index contributed by atoms with van der Waals surface area (Å²) in [7, 11) is -1.42. The van der Waals surface area contributed by atoms with Crippen molar-refractivity contribution in [2.45, 2.75) is 31.3 Å².